The fourth-order valence-electron chi connectivity index (χ4n) is 2.86. The molecule has 0 saturated heterocycles. The molecular weight excluding hydrogens is 302 g/mol. The maximum atomic E-state index is 12.9. The Kier molecular flexibility index (Phi) is 5.74. The van der Waals surface area contributed by atoms with Crippen LogP contribution in [0.4, 0.5) is 5.69 Å². The lowest BCUT2D eigenvalue weighted by atomic mass is 9.90. The van der Waals surface area contributed by atoms with Crippen molar-refractivity contribution in [3.05, 3.63) is 65.8 Å². The van der Waals surface area contributed by atoms with Crippen molar-refractivity contribution in [2.45, 2.75) is 20.3 Å². The SMILES string of the molecule is C=C/C=C\C(=C/C)CN1C(=O)C(C(=O)OC)Cc2cc(C)ccc21. The molecule has 0 fully saturated rings. The van der Waals surface area contributed by atoms with Crippen LogP contribution in [0.15, 0.2) is 54.7 Å². The summed E-state index contributed by atoms with van der Waals surface area (Å²) in [5.74, 6) is -1.49. The second-order valence-corrected chi connectivity index (χ2v) is 5.79. The van der Waals surface area contributed by atoms with Gasteiger partial charge >= 0.3 is 5.97 Å². The molecule has 1 atom stereocenters. The van der Waals surface area contributed by atoms with Crippen LogP contribution in [0.25, 0.3) is 0 Å². The third-order valence-corrected chi connectivity index (χ3v) is 4.16. The zero-order valence-electron chi connectivity index (χ0n) is 14.4. The molecule has 0 bridgehead atoms. The van der Waals surface area contributed by atoms with Crippen LogP contribution in [0.1, 0.15) is 18.1 Å². The zero-order valence-corrected chi connectivity index (χ0v) is 14.4. The number of amides is 1. The van der Waals surface area contributed by atoms with Crippen LogP contribution in [-0.4, -0.2) is 25.5 Å². The van der Waals surface area contributed by atoms with Gasteiger partial charge in [-0.1, -0.05) is 48.6 Å². The molecule has 0 saturated carbocycles. The fourth-order valence-corrected chi connectivity index (χ4v) is 2.86. The molecule has 0 aliphatic carbocycles. The van der Waals surface area contributed by atoms with E-state index in [9.17, 15) is 9.59 Å². The van der Waals surface area contributed by atoms with E-state index in [2.05, 4.69) is 6.58 Å². The van der Waals surface area contributed by atoms with Gasteiger partial charge in [0.25, 0.3) is 0 Å². The quantitative estimate of drug-likeness (QED) is 0.474. The molecule has 1 unspecified atom stereocenters. The molecule has 4 nitrogen and oxygen atoms in total. The number of benzene rings is 1. The second-order valence-electron chi connectivity index (χ2n) is 5.79. The maximum absolute atomic E-state index is 12.9. The van der Waals surface area contributed by atoms with E-state index in [1.807, 2.05) is 50.3 Å². The summed E-state index contributed by atoms with van der Waals surface area (Å²) in [6, 6.07) is 5.95. The number of allylic oxidation sites excluding steroid dienone is 3. The Hall–Kier alpha value is -2.62. The van der Waals surface area contributed by atoms with Crippen molar-refractivity contribution in [3.8, 4) is 0 Å². The number of hydrogen-bond acceptors (Lipinski definition) is 3. The highest BCUT2D eigenvalue weighted by Crippen LogP contribution is 2.32. The van der Waals surface area contributed by atoms with Gasteiger partial charge < -0.3 is 9.64 Å². The number of ether oxygens (including phenoxy) is 1. The topological polar surface area (TPSA) is 46.6 Å². The van der Waals surface area contributed by atoms with E-state index in [0.29, 0.717) is 13.0 Å². The number of nitrogens with zero attached hydrogens (tertiary/aromatic N) is 1. The van der Waals surface area contributed by atoms with E-state index in [1.165, 1.54) is 7.11 Å². The highest BCUT2D eigenvalue weighted by atomic mass is 16.5. The van der Waals surface area contributed by atoms with Crippen molar-refractivity contribution < 1.29 is 14.3 Å². The molecule has 1 heterocycles. The van der Waals surface area contributed by atoms with Gasteiger partial charge in [0.05, 0.1) is 13.7 Å². The molecule has 1 aromatic carbocycles. The molecule has 4 heteroatoms. The van der Waals surface area contributed by atoms with Crippen molar-refractivity contribution in [3.63, 3.8) is 0 Å². The summed E-state index contributed by atoms with van der Waals surface area (Å²) in [6.45, 7) is 7.99. The van der Waals surface area contributed by atoms with Crippen LogP contribution >= 0.6 is 0 Å². The standard InChI is InChI=1S/C20H23NO3/c1-5-7-8-15(6-2)13-21-18-10-9-14(3)11-16(18)12-17(19(21)22)20(23)24-4/h5-11,17H,1,12-13H2,2-4H3/b8-7-,15-6+. The van der Waals surface area contributed by atoms with Gasteiger partial charge in [-0.3, -0.25) is 9.59 Å². The Balaban J connectivity index is 2.43. The molecule has 0 aromatic heterocycles. The summed E-state index contributed by atoms with van der Waals surface area (Å²) >= 11 is 0. The third kappa shape index (κ3) is 3.65. The first-order chi connectivity index (χ1) is 11.5. The third-order valence-electron chi connectivity index (χ3n) is 4.16. The summed E-state index contributed by atoms with van der Waals surface area (Å²) in [5.41, 5.74) is 3.93. The number of carbonyl (C=O) groups excluding carboxylic acids is 2. The number of aryl methyl sites for hydroxylation is 1. The van der Waals surface area contributed by atoms with Crippen molar-refractivity contribution in [2.75, 3.05) is 18.6 Å². The van der Waals surface area contributed by atoms with E-state index >= 15 is 0 Å². The highest BCUT2D eigenvalue weighted by Gasteiger charge is 2.38. The normalized spacial score (nSPS) is 17.8. The number of fused-ring (bicyclic) bond motifs is 1. The number of rotatable bonds is 5. The maximum Gasteiger partial charge on any atom is 0.318 e. The first kappa shape index (κ1) is 17.7. The van der Waals surface area contributed by atoms with Gasteiger partial charge in [0, 0.05) is 5.69 Å². The number of carbonyl (C=O) groups is 2. The van der Waals surface area contributed by atoms with E-state index in [4.69, 9.17) is 4.74 Å². The molecular formula is C20H23NO3. The summed E-state index contributed by atoms with van der Waals surface area (Å²) in [7, 11) is 1.32. The fraction of sp³-hybridized carbons (Fsp3) is 0.300. The Labute approximate surface area is 143 Å². The van der Waals surface area contributed by atoms with E-state index in [1.54, 1.807) is 11.0 Å². The van der Waals surface area contributed by atoms with Crippen molar-refractivity contribution in [2.24, 2.45) is 5.92 Å². The molecule has 1 aliphatic heterocycles. The van der Waals surface area contributed by atoms with E-state index in [-0.39, 0.29) is 5.91 Å². The molecule has 0 radical (unpaired) electrons. The number of esters is 1. The summed E-state index contributed by atoms with van der Waals surface area (Å²) < 4.78 is 4.82. The minimum absolute atomic E-state index is 0.218. The smallest absolute Gasteiger partial charge is 0.318 e. The Bertz CT molecular complexity index is 716. The van der Waals surface area contributed by atoms with E-state index < -0.39 is 11.9 Å². The largest absolute Gasteiger partial charge is 0.468 e. The molecule has 1 amide bonds. The van der Waals surface area contributed by atoms with Gasteiger partial charge in [0.1, 0.15) is 5.92 Å². The first-order valence-corrected chi connectivity index (χ1v) is 7.94. The Morgan fingerprint density at radius 3 is 2.83 bits per heavy atom. The molecule has 0 N–H and O–H groups in total. The van der Waals surface area contributed by atoms with Crippen LogP contribution in [0.5, 0.6) is 0 Å². The Morgan fingerprint density at radius 2 is 2.21 bits per heavy atom. The molecule has 2 rings (SSSR count). The lowest BCUT2D eigenvalue weighted by molar-refractivity contribution is -0.149. The van der Waals surface area contributed by atoms with Gasteiger partial charge in [-0.05, 0) is 37.5 Å². The van der Waals surface area contributed by atoms with E-state index in [0.717, 1.165) is 22.4 Å². The summed E-state index contributed by atoms with van der Waals surface area (Å²) in [5, 5.41) is 0. The molecule has 126 valence electrons. The number of methoxy groups -OCH3 is 1. The minimum atomic E-state index is -0.786. The number of hydrogen-bond donors (Lipinski definition) is 0. The lowest BCUT2D eigenvalue weighted by Gasteiger charge is -2.33. The zero-order chi connectivity index (χ0) is 17.7. The van der Waals surface area contributed by atoms with Gasteiger partial charge in [-0.2, -0.15) is 0 Å². The van der Waals surface area contributed by atoms with Crippen LogP contribution in [0.3, 0.4) is 0 Å². The van der Waals surface area contributed by atoms with Crippen LogP contribution in [0.2, 0.25) is 0 Å². The second kappa shape index (κ2) is 7.77. The average Bonchev–Trinajstić information content (AvgIpc) is 2.59. The van der Waals surface area contributed by atoms with Crippen molar-refractivity contribution in [1.29, 1.82) is 0 Å². The Morgan fingerprint density at radius 1 is 1.46 bits per heavy atom. The van der Waals surface area contributed by atoms with Gasteiger partial charge in [-0.25, -0.2) is 0 Å². The molecule has 1 aromatic rings. The molecule has 0 spiro atoms. The summed E-state index contributed by atoms with van der Waals surface area (Å²) in [6.07, 6.45) is 7.76. The van der Waals surface area contributed by atoms with Crippen molar-refractivity contribution in [1.82, 2.24) is 0 Å². The highest BCUT2D eigenvalue weighted by molar-refractivity contribution is 6.08. The predicted octanol–water partition coefficient (Wildman–Crippen LogP) is 3.36. The first-order valence-electron chi connectivity index (χ1n) is 7.94. The summed E-state index contributed by atoms with van der Waals surface area (Å²) in [4.78, 5) is 26.6. The molecule has 24 heavy (non-hydrogen) atoms. The lowest BCUT2D eigenvalue weighted by Crippen LogP contribution is -2.45. The monoisotopic (exact) mass is 325 g/mol. The van der Waals surface area contributed by atoms with Crippen molar-refractivity contribution >= 4 is 17.6 Å². The van der Waals surface area contributed by atoms with Gasteiger partial charge in [0.2, 0.25) is 5.91 Å². The van der Waals surface area contributed by atoms with Gasteiger partial charge in [0.15, 0.2) is 0 Å². The molecule has 1 aliphatic rings. The number of anilines is 1. The van der Waals surface area contributed by atoms with Crippen LogP contribution < -0.4 is 4.90 Å². The minimum Gasteiger partial charge on any atom is -0.468 e. The van der Waals surface area contributed by atoms with Crippen LogP contribution in [0, 0.1) is 12.8 Å². The van der Waals surface area contributed by atoms with Crippen LogP contribution in [-0.2, 0) is 20.7 Å². The van der Waals surface area contributed by atoms with Gasteiger partial charge in [-0.15, -0.1) is 0 Å². The predicted molar refractivity (Wildman–Crippen MR) is 95.8 cm³/mol. The average molecular weight is 325 g/mol.